The van der Waals surface area contributed by atoms with E-state index in [-0.39, 0.29) is 11.0 Å². The molecule has 0 atom stereocenters. The fourth-order valence-corrected chi connectivity index (χ4v) is 3.23. The van der Waals surface area contributed by atoms with E-state index in [1.807, 2.05) is 0 Å². The summed E-state index contributed by atoms with van der Waals surface area (Å²) in [4.78, 5) is 0. The predicted molar refractivity (Wildman–Crippen MR) is 75.0 cm³/mol. The molecule has 0 aromatic carbocycles. The molecule has 3 nitrogen and oxygen atoms in total. The molecule has 0 amide bonds. The molecule has 0 N–H and O–H groups in total. The molecule has 1 aliphatic rings. The van der Waals surface area contributed by atoms with Crippen LogP contribution in [0.3, 0.4) is 0 Å². The minimum absolute atomic E-state index is 0.0104. The smallest absolute Gasteiger partial charge is 0.148 e. The first kappa shape index (κ1) is 13.9. The number of alkyl halides is 1. The highest BCUT2D eigenvalue weighted by atomic mass is 35.5. The van der Waals surface area contributed by atoms with Gasteiger partial charge in [-0.15, -0.1) is 21.8 Å². The Balaban J connectivity index is 2.47. The molecule has 1 aliphatic carbocycles. The van der Waals surface area contributed by atoms with Gasteiger partial charge in [-0.1, -0.05) is 26.2 Å². The summed E-state index contributed by atoms with van der Waals surface area (Å²) in [6.45, 7) is 8.92. The minimum atomic E-state index is -0.0104. The fraction of sp³-hybridized carbons (Fsp3) is 0.857. The van der Waals surface area contributed by atoms with Crippen molar-refractivity contribution in [1.29, 1.82) is 0 Å². The van der Waals surface area contributed by atoms with Gasteiger partial charge in [-0.3, -0.25) is 0 Å². The summed E-state index contributed by atoms with van der Waals surface area (Å²) in [7, 11) is 0. The van der Waals surface area contributed by atoms with Crippen LogP contribution in [0.25, 0.3) is 0 Å². The first-order chi connectivity index (χ1) is 8.38. The van der Waals surface area contributed by atoms with Gasteiger partial charge in [0.15, 0.2) is 0 Å². The molecule has 0 radical (unpaired) electrons. The lowest BCUT2D eigenvalue weighted by Crippen LogP contribution is -2.35. The third-order valence-electron chi connectivity index (χ3n) is 4.02. The van der Waals surface area contributed by atoms with E-state index < -0.39 is 0 Å². The van der Waals surface area contributed by atoms with E-state index in [4.69, 9.17) is 11.6 Å². The number of nitrogens with zero attached hydrogens (tertiary/aromatic N) is 3. The summed E-state index contributed by atoms with van der Waals surface area (Å²) in [6.07, 6.45) is 6.36. The van der Waals surface area contributed by atoms with Crippen molar-refractivity contribution in [3.05, 3.63) is 11.6 Å². The van der Waals surface area contributed by atoms with Crippen LogP contribution in [0.1, 0.15) is 71.4 Å². The Hall–Kier alpha value is -0.570. The van der Waals surface area contributed by atoms with Crippen LogP contribution >= 0.6 is 11.6 Å². The zero-order valence-electron chi connectivity index (χ0n) is 12.0. The number of aromatic nitrogens is 3. The minimum Gasteiger partial charge on any atom is -0.308 e. The van der Waals surface area contributed by atoms with E-state index in [0.29, 0.717) is 5.88 Å². The maximum atomic E-state index is 6.01. The Labute approximate surface area is 115 Å². The zero-order valence-corrected chi connectivity index (χ0v) is 12.7. The van der Waals surface area contributed by atoms with E-state index in [1.54, 1.807) is 0 Å². The lowest BCUT2D eigenvalue weighted by atomic mass is 9.74. The molecule has 0 saturated heterocycles. The van der Waals surface area contributed by atoms with Crippen molar-refractivity contribution in [3.8, 4) is 0 Å². The number of halogens is 1. The third kappa shape index (κ3) is 2.42. The summed E-state index contributed by atoms with van der Waals surface area (Å²) in [6, 6.07) is 0. The molecule has 0 bridgehead atoms. The summed E-state index contributed by atoms with van der Waals surface area (Å²) >= 11 is 6.01. The van der Waals surface area contributed by atoms with Gasteiger partial charge in [-0.2, -0.15) is 0 Å². The van der Waals surface area contributed by atoms with Crippen LogP contribution in [0.15, 0.2) is 0 Å². The molecular formula is C14H24ClN3. The quantitative estimate of drug-likeness (QED) is 0.760. The zero-order chi connectivity index (χ0) is 13.4. The van der Waals surface area contributed by atoms with Crippen molar-refractivity contribution in [2.75, 3.05) is 0 Å². The second-order valence-corrected chi connectivity index (χ2v) is 6.97. The van der Waals surface area contributed by atoms with E-state index in [0.717, 1.165) is 11.6 Å². The highest BCUT2D eigenvalue weighted by Crippen LogP contribution is 2.39. The molecule has 1 saturated carbocycles. The molecule has 102 valence electrons. The van der Waals surface area contributed by atoms with Gasteiger partial charge in [-0.05, 0) is 33.6 Å². The first-order valence-corrected chi connectivity index (χ1v) is 7.43. The second-order valence-electron chi connectivity index (χ2n) is 6.70. The first-order valence-electron chi connectivity index (χ1n) is 6.90. The summed E-state index contributed by atoms with van der Waals surface area (Å²) in [5.41, 5.74) is 0.159. The van der Waals surface area contributed by atoms with Crippen molar-refractivity contribution in [1.82, 2.24) is 14.8 Å². The van der Waals surface area contributed by atoms with Crippen LogP contribution in [-0.4, -0.2) is 14.8 Å². The highest BCUT2D eigenvalue weighted by molar-refractivity contribution is 6.16. The number of hydrogen-bond donors (Lipinski definition) is 0. The van der Waals surface area contributed by atoms with Crippen LogP contribution in [-0.2, 0) is 16.8 Å². The topological polar surface area (TPSA) is 30.7 Å². The van der Waals surface area contributed by atoms with Gasteiger partial charge < -0.3 is 4.57 Å². The Kier molecular flexibility index (Phi) is 3.72. The molecule has 0 spiro atoms. The molecule has 0 unspecified atom stereocenters. The van der Waals surface area contributed by atoms with Gasteiger partial charge in [0.1, 0.15) is 11.6 Å². The van der Waals surface area contributed by atoms with E-state index in [2.05, 4.69) is 42.5 Å². The Bertz CT molecular complexity index is 411. The van der Waals surface area contributed by atoms with Gasteiger partial charge in [0.05, 0.1) is 5.88 Å². The molecular weight excluding hydrogens is 246 g/mol. The van der Waals surface area contributed by atoms with Crippen LogP contribution in [0.2, 0.25) is 0 Å². The van der Waals surface area contributed by atoms with Gasteiger partial charge >= 0.3 is 0 Å². The summed E-state index contributed by atoms with van der Waals surface area (Å²) in [5, 5.41) is 8.78. The predicted octanol–water partition coefficient (Wildman–Crippen LogP) is 3.99. The number of rotatable bonds is 2. The Morgan fingerprint density at radius 1 is 1.17 bits per heavy atom. The van der Waals surface area contributed by atoms with E-state index >= 15 is 0 Å². The normalized spacial score (nSPS) is 20.1. The standard InChI is InChI=1S/C14H24ClN3/c1-13(2,3)18-11(10-15)16-17-12(18)14(4)8-6-5-7-9-14/h5-10H2,1-4H3. The van der Waals surface area contributed by atoms with Crippen molar-refractivity contribution < 1.29 is 0 Å². The highest BCUT2D eigenvalue weighted by Gasteiger charge is 2.37. The Morgan fingerprint density at radius 3 is 2.28 bits per heavy atom. The molecule has 1 fully saturated rings. The number of hydrogen-bond acceptors (Lipinski definition) is 2. The molecule has 1 heterocycles. The third-order valence-corrected chi connectivity index (χ3v) is 4.26. The molecule has 4 heteroatoms. The average Bonchev–Trinajstić information content (AvgIpc) is 2.74. The van der Waals surface area contributed by atoms with Crippen LogP contribution in [0, 0.1) is 0 Å². The lowest BCUT2D eigenvalue weighted by molar-refractivity contribution is 0.266. The van der Waals surface area contributed by atoms with Gasteiger partial charge in [0.2, 0.25) is 0 Å². The maximum absolute atomic E-state index is 6.01. The molecule has 1 aromatic heterocycles. The van der Waals surface area contributed by atoms with Crippen LogP contribution in [0.4, 0.5) is 0 Å². The van der Waals surface area contributed by atoms with Crippen molar-refractivity contribution >= 4 is 11.6 Å². The monoisotopic (exact) mass is 269 g/mol. The Morgan fingerprint density at radius 2 is 1.78 bits per heavy atom. The average molecular weight is 270 g/mol. The fourth-order valence-electron chi connectivity index (χ4n) is 3.05. The maximum Gasteiger partial charge on any atom is 0.148 e. The van der Waals surface area contributed by atoms with E-state index in [1.165, 1.54) is 32.1 Å². The van der Waals surface area contributed by atoms with Crippen LogP contribution in [0.5, 0.6) is 0 Å². The molecule has 18 heavy (non-hydrogen) atoms. The second kappa shape index (κ2) is 4.84. The molecule has 2 rings (SSSR count). The summed E-state index contributed by atoms with van der Waals surface area (Å²) < 4.78 is 2.26. The van der Waals surface area contributed by atoms with Crippen LogP contribution < -0.4 is 0 Å². The SMILES string of the molecule is CC1(c2nnc(CCl)n2C(C)(C)C)CCCCC1. The van der Waals surface area contributed by atoms with Crippen molar-refractivity contribution in [2.24, 2.45) is 0 Å². The van der Waals surface area contributed by atoms with Gasteiger partial charge in [0, 0.05) is 11.0 Å². The molecule has 1 aromatic rings. The lowest BCUT2D eigenvalue weighted by Gasteiger charge is -2.36. The van der Waals surface area contributed by atoms with Crippen molar-refractivity contribution in [3.63, 3.8) is 0 Å². The van der Waals surface area contributed by atoms with Gasteiger partial charge in [0.25, 0.3) is 0 Å². The van der Waals surface area contributed by atoms with E-state index in [9.17, 15) is 0 Å². The van der Waals surface area contributed by atoms with Crippen molar-refractivity contribution in [2.45, 2.75) is 76.6 Å². The molecule has 0 aliphatic heterocycles. The largest absolute Gasteiger partial charge is 0.308 e. The van der Waals surface area contributed by atoms with Gasteiger partial charge in [-0.25, -0.2) is 0 Å². The summed E-state index contributed by atoms with van der Waals surface area (Å²) in [5.74, 6) is 2.46.